The fourth-order valence-corrected chi connectivity index (χ4v) is 4.51. The first-order valence-corrected chi connectivity index (χ1v) is 9.17. The molecule has 0 saturated carbocycles. The predicted molar refractivity (Wildman–Crippen MR) is 83.8 cm³/mol. The van der Waals surface area contributed by atoms with E-state index in [1.54, 1.807) is 0 Å². The number of ether oxygens (including phenoxy) is 1. The van der Waals surface area contributed by atoms with Crippen LogP contribution in [0.15, 0.2) is 28.0 Å². The number of carboxylic acid groups (broad SMARTS) is 1. The summed E-state index contributed by atoms with van der Waals surface area (Å²) in [6.07, 6.45) is 2.78. The molecule has 0 unspecified atom stereocenters. The van der Waals surface area contributed by atoms with Crippen molar-refractivity contribution in [3.63, 3.8) is 0 Å². The zero-order valence-electron chi connectivity index (χ0n) is 12.5. The SMILES string of the molecule is CC(C)(CNS(=O)(=O)c1csc(C(=O)O)c1)C1=CCOCC1. The Morgan fingerprint density at radius 1 is 1.50 bits per heavy atom. The molecule has 8 heteroatoms. The van der Waals surface area contributed by atoms with E-state index in [9.17, 15) is 13.2 Å². The van der Waals surface area contributed by atoms with Crippen LogP contribution in [-0.2, 0) is 14.8 Å². The summed E-state index contributed by atoms with van der Waals surface area (Å²) in [6, 6.07) is 1.18. The highest BCUT2D eigenvalue weighted by molar-refractivity contribution is 7.89. The summed E-state index contributed by atoms with van der Waals surface area (Å²) < 4.78 is 32.3. The van der Waals surface area contributed by atoms with Crippen molar-refractivity contribution in [2.45, 2.75) is 25.2 Å². The molecule has 2 heterocycles. The van der Waals surface area contributed by atoms with E-state index in [0.29, 0.717) is 13.2 Å². The van der Waals surface area contributed by atoms with Crippen molar-refractivity contribution in [2.75, 3.05) is 19.8 Å². The molecule has 0 fully saturated rings. The molecule has 6 nitrogen and oxygen atoms in total. The van der Waals surface area contributed by atoms with Gasteiger partial charge < -0.3 is 9.84 Å². The number of thiophene rings is 1. The molecule has 122 valence electrons. The lowest BCUT2D eigenvalue weighted by Gasteiger charge is -2.30. The van der Waals surface area contributed by atoms with Gasteiger partial charge in [0, 0.05) is 11.9 Å². The fourth-order valence-electron chi connectivity index (χ4n) is 2.19. The summed E-state index contributed by atoms with van der Waals surface area (Å²) >= 11 is 0.899. The Hall–Kier alpha value is -1.22. The Bertz CT molecular complexity index is 688. The van der Waals surface area contributed by atoms with E-state index in [2.05, 4.69) is 4.72 Å². The number of carbonyl (C=O) groups is 1. The molecule has 0 aromatic carbocycles. The minimum atomic E-state index is -3.71. The molecule has 0 spiro atoms. The minimum Gasteiger partial charge on any atom is -0.477 e. The highest BCUT2D eigenvalue weighted by atomic mass is 32.2. The molecule has 0 saturated heterocycles. The molecule has 2 rings (SSSR count). The zero-order chi connectivity index (χ0) is 16.4. The van der Waals surface area contributed by atoms with E-state index >= 15 is 0 Å². The van der Waals surface area contributed by atoms with Crippen LogP contribution in [0.3, 0.4) is 0 Å². The molecule has 0 bridgehead atoms. The van der Waals surface area contributed by atoms with E-state index < -0.39 is 16.0 Å². The van der Waals surface area contributed by atoms with Crippen molar-refractivity contribution in [1.82, 2.24) is 4.72 Å². The van der Waals surface area contributed by atoms with Gasteiger partial charge in [-0.2, -0.15) is 0 Å². The van der Waals surface area contributed by atoms with Crippen LogP contribution in [0.4, 0.5) is 0 Å². The number of rotatable bonds is 6. The van der Waals surface area contributed by atoms with Crippen LogP contribution >= 0.6 is 11.3 Å². The van der Waals surface area contributed by atoms with Crippen molar-refractivity contribution in [2.24, 2.45) is 5.41 Å². The third-order valence-electron chi connectivity index (χ3n) is 3.63. The summed E-state index contributed by atoms with van der Waals surface area (Å²) in [4.78, 5) is 10.8. The maximum Gasteiger partial charge on any atom is 0.345 e. The summed E-state index contributed by atoms with van der Waals surface area (Å²) in [6.45, 7) is 5.40. The largest absolute Gasteiger partial charge is 0.477 e. The lowest BCUT2D eigenvalue weighted by molar-refractivity contribution is 0.0702. The molecule has 1 aliphatic heterocycles. The molecule has 1 aliphatic rings. The molecule has 22 heavy (non-hydrogen) atoms. The van der Waals surface area contributed by atoms with Gasteiger partial charge in [-0.1, -0.05) is 25.5 Å². The lowest BCUT2D eigenvalue weighted by atomic mass is 9.82. The topological polar surface area (TPSA) is 92.7 Å². The van der Waals surface area contributed by atoms with E-state index in [1.807, 2.05) is 19.9 Å². The standard InChI is InChI=1S/C14H19NO5S2/c1-14(2,10-3-5-20-6-4-10)9-15-22(18,19)11-7-12(13(16)17)21-8-11/h3,7-8,15H,4-6,9H2,1-2H3,(H,16,17). The van der Waals surface area contributed by atoms with Crippen LogP contribution in [0.25, 0.3) is 0 Å². The summed E-state index contributed by atoms with van der Waals surface area (Å²) in [7, 11) is -3.71. The van der Waals surface area contributed by atoms with Gasteiger partial charge in [-0.3, -0.25) is 0 Å². The maximum absolute atomic E-state index is 12.3. The number of aromatic carboxylic acids is 1. The van der Waals surface area contributed by atoms with E-state index in [-0.39, 0.29) is 21.7 Å². The third kappa shape index (κ3) is 3.95. The van der Waals surface area contributed by atoms with Crippen LogP contribution in [0.1, 0.15) is 29.9 Å². The molecule has 0 amide bonds. The zero-order valence-corrected chi connectivity index (χ0v) is 14.1. The van der Waals surface area contributed by atoms with Gasteiger partial charge in [-0.15, -0.1) is 11.3 Å². The van der Waals surface area contributed by atoms with Crippen molar-refractivity contribution in [1.29, 1.82) is 0 Å². The molecular weight excluding hydrogens is 326 g/mol. The molecule has 0 aliphatic carbocycles. The summed E-state index contributed by atoms with van der Waals surface area (Å²) in [5.74, 6) is -1.13. The number of nitrogens with one attached hydrogen (secondary N) is 1. The second kappa shape index (κ2) is 6.49. The van der Waals surface area contributed by atoms with Gasteiger partial charge >= 0.3 is 5.97 Å². The fraction of sp³-hybridized carbons (Fsp3) is 0.500. The van der Waals surface area contributed by atoms with Gasteiger partial charge in [0.05, 0.1) is 18.1 Å². The van der Waals surface area contributed by atoms with Gasteiger partial charge in [-0.05, 0) is 17.9 Å². The number of hydrogen-bond donors (Lipinski definition) is 2. The highest BCUT2D eigenvalue weighted by Crippen LogP contribution is 2.30. The first-order valence-electron chi connectivity index (χ1n) is 6.81. The number of sulfonamides is 1. The highest BCUT2D eigenvalue weighted by Gasteiger charge is 2.27. The summed E-state index contributed by atoms with van der Waals surface area (Å²) in [5, 5.41) is 10.2. The Kier molecular flexibility index (Phi) is 5.06. The lowest BCUT2D eigenvalue weighted by Crippen LogP contribution is -2.36. The van der Waals surface area contributed by atoms with Crippen LogP contribution in [0, 0.1) is 5.41 Å². The van der Waals surface area contributed by atoms with Crippen molar-refractivity contribution < 1.29 is 23.1 Å². The Labute approximate surface area is 133 Å². The quantitative estimate of drug-likeness (QED) is 0.770. The molecular formula is C14H19NO5S2. The van der Waals surface area contributed by atoms with Crippen molar-refractivity contribution in [3.05, 3.63) is 28.0 Å². The van der Waals surface area contributed by atoms with Gasteiger partial charge in [0.15, 0.2) is 0 Å². The van der Waals surface area contributed by atoms with Gasteiger partial charge in [0.1, 0.15) is 4.88 Å². The first kappa shape index (κ1) is 17.1. The third-order valence-corrected chi connectivity index (χ3v) is 6.08. The molecule has 0 radical (unpaired) electrons. The number of hydrogen-bond acceptors (Lipinski definition) is 5. The van der Waals surface area contributed by atoms with E-state index in [1.165, 1.54) is 11.4 Å². The molecule has 2 N–H and O–H groups in total. The summed E-state index contributed by atoms with van der Waals surface area (Å²) in [5.41, 5.74) is 0.848. The van der Waals surface area contributed by atoms with Crippen LogP contribution < -0.4 is 4.72 Å². The Morgan fingerprint density at radius 2 is 2.23 bits per heavy atom. The smallest absolute Gasteiger partial charge is 0.345 e. The van der Waals surface area contributed by atoms with E-state index in [0.717, 1.165) is 23.3 Å². The Morgan fingerprint density at radius 3 is 2.77 bits per heavy atom. The Balaban J connectivity index is 2.08. The normalized spacial score (nSPS) is 16.4. The molecule has 1 aromatic rings. The first-order chi connectivity index (χ1) is 10.2. The number of carboxylic acids is 1. The second-order valence-electron chi connectivity index (χ2n) is 5.71. The van der Waals surface area contributed by atoms with Crippen LogP contribution in [0.5, 0.6) is 0 Å². The average Bonchev–Trinajstić information content (AvgIpc) is 2.97. The minimum absolute atomic E-state index is 0.00627. The molecule has 0 atom stereocenters. The van der Waals surface area contributed by atoms with Crippen molar-refractivity contribution >= 4 is 27.3 Å². The van der Waals surface area contributed by atoms with Crippen molar-refractivity contribution in [3.8, 4) is 0 Å². The maximum atomic E-state index is 12.3. The van der Waals surface area contributed by atoms with Gasteiger partial charge in [0.25, 0.3) is 0 Å². The second-order valence-corrected chi connectivity index (χ2v) is 8.39. The van der Waals surface area contributed by atoms with E-state index in [4.69, 9.17) is 9.84 Å². The monoisotopic (exact) mass is 345 g/mol. The van der Waals surface area contributed by atoms with Crippen LogP contribution in [0.2, 0.25) is 0 Å². The van der Waals surface area contributed by atoms with Gasteiger partial charge in [-0.25, -0.2) is 17.9 Å². The molecule has 1 aromatic heterocycles. The van der Waals surface area contributed by atoms with Crippen LogP contribution in [-0.4, -0.2) is 39.3 Å². The van der Waals surface area contributed by atoms with Gasteiger partial charge in [0.2, 0.25) is 10.0 Å². The average molecular weight is 345 g/mol. The predicted octanol–water partition coefficient (Wildman–Crippen LogP) is 2.10.